The van der Waals surface area contributed by atoms with Gasteiger partial charge in [0, 0.05) is 19.1 Å². The number of nitrogens with zero attached hydrogens (tertiary/aromatic N) is 1. The van der Waals surface area contributed by atoms with Gasteiger partial charge in [0.15, 0.2) is 0 Å². The maximum atomic E-state index is 13.0. The largest absolute Gasteiger partial charge is 0.340 e. The van der Waals surface area contributed by atoms with Crippen LogP contribution in [0.1, 0.15) is 44.5 Å². The molecule has 2 atom stereocenters. The molecule has 0 bridgehead atoms. The highest BCUT2D eigenvalue weighted by atomic mass is 35.5. The third-order valence-electron chi connectivity index (χ3n) is 4.96. The molecule has 7 heteroatoms. The van der Waals surface area contributed by atoms with E-state index in [1.165, 1.54) is 0 Å². The zero-order chi connectivity index (χ0) is 18.8. The number of hydrogen-bond acceptors (Lipinski definition) is 3. The second-order valence-electron chi connectivity index (χ2n) is 7.82. The SMILES string of the molecule is CC(C)C(NC(=O)c1ccccc1Cl)C(=O)N1CCC(N)C(C)(C)C1.Cl. The summed E-state index contributed by atoms with van der Waals surface area (Å²) >= 11 is 6.09. The van der Waals surface area contributed by atoms with E-state index in [0.29, 0.717) is 23.7 Å². The van der Waals surface area contributed by atoms with Crippen LogP contribution in [0.5, 0.6) is 0 Å². The van der Waals surface area contributed by atoms with Crippen LogP contribution in [-0.4, -0.2) is 41.9 Å². The minimum Gasteiger partial charge on any atom is -0.340 e. The summed E-state index contributed by atoms with van der Waals surface area (Å²) in [7, 11) is 0. The van der Waals surface area contributed by atoms with Crippen LogP contribution in [0.15, 0.2) is 24.3 Å². The van der Waals surface area contributed by atoms with Crippen LogP contribution in [0, 0.1) is 11.3 Å². The van der Waals surface area contributed by atoms with E-state index in [0.717, 1.165) is 6.42 Å². The van der Waals surface area contributed by atoms with E-state index in [9.17, 15) is 9.59 Å². The molecule has 2 amide bonds. The number of hydrogen-bond donors (Lipinski definition) is 2. The Bertz CT molecular complexity index is 649. The van der Waals surface area contributed by atoms with Gasteiger partial charge in [0.1, 0.15) is 6.04 Å². The molecule has 146 valence electrons. The number of nitrogens with one attached hydrogen (secondary N) is 1. The van der Waals surface area contributed by atoms with Crippen molar-refractivity contribution in [2.45, 2.75) is 46.2 Å². The molecule has 3 N–H and O–H groups in total. The van der Waals surface area contributed by atoms with Gasteiger partial charge in [-0.05, 0) is 29.9 Å². The molecular formula is C19H29Cl2N3O2. The van der Waals surface area contributed by atoms with E-state index in [1.807, 2.05) is 18.7 Å². The predicted octanol–water partition coefficient (Wildman–Crippen LogP) is 3.10. The molecule has 0 aromatic heterocycles. The lowest BCUT2D eigenvalue weighted by molar-refractivity contribution is -0.137. The average Bonchev–Trinajstić information content (AvgIpc) is 2.54. The predicted molar refractivity (Wildman–Crippen MR) is 108 cm³/mol. The number of nitrogens with two attached hydrogens (primary N) is 1. The van der Waals surface area contributed by atoms with Crippen LogP contribution >= 0.6 is 24.0 Å². The molecule has 1 aliphatic heterocycles. The molecule has 0 saturated carbocycles. The van der Waals surface area contributed by atoms with Gasteiger partial charge in [-0.2, -0.15) is 0 Å². The molecule has 1 aliphatic rings. The Labute approximate surface area is 167 Å². The molecule has 5 nitrogen and oxygen atoms in total. The Kier molecular flexibility index (Phi) is 7.93. The molecule has 1 aromatic rings. The first-order valence-electron chi connectivity index (χ1n) is 8.73. The lowest BCUT2D eigenvalue weighted by atomic mass is 9.79. The summed E-state index contributed by atoms with van der Waals surface area (Å²) in [6.45, 7) is 9.22. The Morgan fingerprint density at radius 2 is 1.92 bits per heavy atom. The second kappa shape index (κ2) is 9.07. The standard InChI is InChI=1S/C19H28ClN3O2.ClH/c1-12(2)16(22-17(24)13-7-5-6-8-14(13)20)18(25)23-10-9-15(21)19(3,4)11-23;/h5-8,12,15-16H,9-11,21H2,1-4H3,(H,22,24);1H. The van der Waals surface area contributed by atoms with E-state index in [2.05, 4.69) is 19.2 Å². The van der Waals surface area contributed by atoms with Gasteiger partial charge in [-0.15, -0.1) is 12.4 Å². The third kappa shape index (κ3) is 5.12. The van der Waals surface area contributed by atoms with E-state index < -0.39 is 6.04 Å². The number of amides is 2. The van der Waals surface area contributed by atoms with Crippen molar-refractivity contribution < 1.29 is 9.59 Å². The second-order valence-corrected chi connectivity index (χ2v) is 8.23. The number of likely N-dealkylation sites (tertiary alicyclic amines) is 1. The number of benzene rings is 1. The number of carbonyl (C=O) groups excluding carboxylic acids is 2. The first-order valence-corrected chi connectivity index (χ1v) is 9.11. The number of carbonyl (C=O) groups is 2. The topological polar surface area (TPSA) is 75.4 Å². The number of halogens is 2. The summed E-state index contributed by atoms with van der Waals surface area (Å²) in [4.78, 5) is 27.4. The Morgan fingerprint density at radius 1 is 1.31 bits per heavy atom. The van der Waals surface area contributed by atoms with Crippen molar-refractivity contribution in [1.29, 1.82) is 0 Å². The van der Waals surface area contributed by atoms with Gasteiger partial charge in [0.05, 0.1) is 10.6 Å². The van der Waals surface area contributed by atoms with Crippen molar-refractivity contribution in [3.63, 3.8) is 0 Å². The highest BCUT2D eigenvalue weighted by Gasteiger charge is 2.38. The first-order chi connectivity index (χ1) is 11.6. The molecule has 2 rings (SSSR count). The maximum Gasteiger partial charge on any atom is 0.253 e. The lowest BCUT2D eigenvalue weighted by Gasteiger charge is -2.44. The fourth-order valence-electron chi connectivity index (χ4n) is 3.14. The van der Waals surface area contributed by atoms with Crippen LogP contribution in [0.4, 0.5) is 0 Å². The summed E-state index contributed by atoms with van der Waals surface area (Å²) in [6.07, 6.45) is 0.766. The van der Waals surface area contributed by atoms with Crippen molar-refractivity contribution in [3.05, 3.63) is 34.9 Å². The molecular weight excluding hydrogens is 373 g/mol. The fraction of sp³-hybridized carbons (Fsp3) is 0.579. The summed E-state index contributed by atoms with van der Waals surface area (Å²) in [5.74, 6) is -0.418. The molecule has 0 radical (unpaired) electrons. The van der Waals surface area contributed by atoms with E-state index in [1.54, 1.807) is 24.3 Å². The van der Waals surface area contributed by atoms with Crippen LogP contribution in [-0.2, 0) is 4.79 Å². The molecule has 0 aliphatic carbocycles. The van der Waals surface area contributed by atoms with Gasteiger partial charge in [0.25, 0.3) is 5.91 Å². The average molecular weight is 402 g/mol. The van der Waals surface area contributed by atoms with Crippen LogP contribution in [0.2, 0.25) is 5.02 Å². The summed E-state index contributed by atoms with van der Waals surface area (Å²) in [6, 6.07) is 6.32. The summed E-state index contributed by atoms with van der Waals surface area (Å²) < 4.78 is 0. The number of rotatable bonds is 4. The number of piperidine rings is 1. The fourth-order valence-corrected chi connectivity index (χ4v) is 3.36. The Morgan fingerprint density at radius 3 is 2.46 bits per heavy atom. The minimum atomic E-state index is -0.589. The molecule has 1 saturated heterocycles. The van der Waals surface area contributed by atoms with Crippen LogP contribution in [0.3, 0.4) is 0 Å². The van der Waals surface area contributed by atoms with Crippen molar-refractivity contribution in [2.75, 3.05) is 13.1 Å². The molecule has 0 spiro atoms. The van der Waals surface area contributed by atoms with Gasteiger partial charge >= 0.3 is 0 Å². The van der Waals surface area contributed by atoms with Gasteiger partial charge in [0.2, 0.25) is 5.91 Å². The molecule has 2 unspecified atom stereocenters. The quantitative estimate of drug-likeness (QED) is 0.813. The van der Waals surface area contributed by atoms with E-state index in [4.69, 9.17) is 17.3 Å². The van der Waals surface area contributed by atoms with Gasteiger partial charge in [-0.1, -0.05) is 51.4 Å². The molecule has 1 aromatic carbocycles. The van der Waals surface area contributed by atoms with Crippen molar-refractivity contribution in [1.82, 2.24) is 10.2 Å². The van der Waals surface area contributed by atoms with Gasteiger partial charge in [-0.25, -0.2) is 0 Å². The van der Waals surface area contributed by atoms with Crippen molar-refractivity contribution >= 4 is 35.8 Å². The lowest BCUT2D eigenvalue weighted by Crippen LogP contribution is -2.59. The van der Waals surface area contributed by atoms with Gasteiger partial charge < -0.3 is 16.0 Å². The zero-order valence-corrected chi connectivity index (χ0v) is 17.4. The van der Waals surface area contributed by atoms with E-state index >= 15 is 0 Å². The molecule has 1 heterocycles. The summed E-state index contributed by atoms with van der Waals surface area (Å²) in [5.41, 5.74) is 6.40. The highest BCUT2D eigenvalue weighted by molar-refractivity contribution is 6.33. The maximum absolute atomic E-state index is 13.0. The Balaban J connectivity index is 0.00000338. The van der Waals surface area contributed by atoms with Crippen LogP contribution < -0.4 is 11.1 Å². The van der Waals surface area contributed by atoms with Gasteiger partial charge in [-0.3, -0.25) is 9.59 Å². The van der Waals surface area contributed by atoms with Crippen LogP contribution in [0.25, 0.3) is 0 Å². The van der Waals surface area contributed by atoms with Crippen molar-refractivity contribution in [3.8, 4) is 0 Å². The normalized spacial score (nSPS) is 20.3. The first kappa shape index (κ1) is 22.7. The van der Waals surface area contributed by atoms with E-state index in [-0.39, 0.29) is 41.6 Å². The minimum absolute atomic E-state index is 0. The molecule has 1 fully saturated rings. The highest BCUT2D eigenvalue weighted by Crippen LogP contribution is 2.28. The van der Waals surface area contributed by atoms with Crippen molar-refractivity contribution in [2.24, 2.45) is 17.1 Å². The summed E-state index contributed by atoms with van der Waals surface area (Å²) in [5, 5.41) is 3.24. The third-order valence-corrected chi connectivity index (χ3v) is 5.29. The Hall–Kier alpha value is -1.30. The smallest absolute Gasteiger partial charge is 0.253 e. The monoisotopic (exact) mass is 401 g/mol. The zero-order valence-electron chi connectivity index (χ0n) is 15.8. The molecule has 26 heavy (non-hydrogen) atoms.